The number of para-hydroxylation sites is 1. The van der Waals surface area contributed by atoms with Crippen LogP contribution >= 0.6 is 0 Å². The third-order valence-corrected chi connectivity index (χ3v) is 3.99. The minimum Gasteiger partial charge on any atom is -0.493 e. The Morgan fingerprint density at radius 2 is 2.39 bits per heavy atom. The van der Waals surface area contributed by atoms with Crippen molar-refractivity contribution in [2.75, 3.05) is 13.2 Å². The number of amides is 1. The van der Waals surface area contributed by atoms with E-state index in [1.54, 1.807) is 6.20 Å². The SMILES string of the molecule is Cc1cccc2c1OCC[C@H]2NC(=O)COCc1nccn1C. The fraction of sp³-hybridized carbons (Fsp3) is 0.412. The molecule has 1 aromatic carbocycles. The number of aromatic nitrogens is 2. The lowest BCUT2D eigenvalue weighted by atomic mass is 9.98. The molecule has 0 unspecified atom stereocenters. The maximum atomic E-state index is 12.1. The molecular formula is C17H21N3O3. The molecule has 0 radical (unpaired) electrons. The van der Waals surface area contributed by atoms with Gasteiger partial charge in [0, 0.05) is 31.4 Å². The standard InChI is InChI=1S/C17H21N3O3/c1-12-4-3-5-13-14(6-9-23-17(12)13)19-16(21)11-22-10-15-18-7-8-20(15)2/h3-5,7-8,14H,6,9-11H2,1-2H3,(H,19,21)/t14-/m1/s1. The summed E-state index contributed by atoms with van der Waals surface area (Å²) in [6, 6.07) is 5.97. The lowest BCUT2D eigenvalue weighted by molar-refractivity contribution is -0.127. The summed E-state index contributed by atoms with van der Waals surface area (Å²) in [6.45, 7) is 2.96. The number of nitrogens with one attached hydrogen (secondary N) is 1. The molecule has 23 heavy (non-hydrogen) atoms. The number of hydrogen-bond acceptors (Lipinski definition) is 4. The van der Waals surface area contributed by atoms with Crippen molar-refractivity contribution in [2.45, 2.75) is 26.0 Å². The zero-order valence-electron chi connectivity index (χ0n) is 13.4. The Bertz CT molecular complexity index is 696. The Labute approximate surface area is 135 Å². The van der Waals surface area contributed by atoms with Crippen LogP contribution in [0.3, 0.4) is 0 Å². The molecule has 0 spiro atoms. The van der Waals surface area contributed by atoms with Crippen LogP contribution in [-0.2, 0) is 23.2 Å². The number of benzene rings is 1. The number of carbonyl (C=O) groups is 1. The molecule has 0 fully saturated rings. The van der Waals surface area contributed by atoms with Gasteiger partial charge in [-0.05, 0) is 12.5 Å². The molecule has 1 amide bonds. The van der Waals surface area contributed by atoms with Crippen molar-refractivity contribution >= 4 is 5.91 Å². The van der Waals surface area contributed by atoms with E-state index >= 15 is 0 Å². The van der Waals surface area contributed by atoms with Crippen LogP contribution in [0.1, 0.15) is 29.4 Å². The van der Waals surface area contributed by atoms with E-state index in [1.807, 2.05) is 42.9 Å². The van der Waals surface area contributed by atoms with Gasteiger partial charge in [0.25, 0.3) is 0 Å². The summed E-state index contributed by atoms with van der Waals surface area (Å²) in [5.74, 6) is 1.56. The summed E-state index contributed by atoms with van der Waals surface area (Å²) < 4.78 is 13.0. The Hall–Kier alpha value is -2.34. The van der Waals surface area contributed by atoms with Crippen molar-refractivity contribution in [2.24, 2.45) is 7.05 Å². The third kappa shape index (κ3) is 3.53. The van der Waals surface area contributed by atoms with Crippen molar-refractivity contribution in [1.82, 2.24) is 14.9 Å². The van der Waals surface area contributed by atoms with Gasteiger partial charge in [0.1, 0.15) is 24.8 Å². The third-order valence-electron chi connectivity index (χ3n) is 3.99. The summed E-state index contributed by atoms with van der Waals surface area (Å²) in [4.78, 5) is 16.3. The number of hydrogen-bond donors (Lipinski definition) is 1. The highest BCUT2D eigenvalue weighted by molar-refractivity contribution is 5.77. The number of imidazole rings is 1. The molecule has 6 nitrogen and oxygen atoms in total. The molecule has 122 valence electrons. The molecule has 3 rings (SSSR count). The van der Waals surface area contributed by atoms with Gasteiger partial charge in [-0.15, -0.1) is 0 Å². The van der Waals surface area contributed by atoms with E-state index in [1.165, 1.54) is 0 Å². The minimum atomic E-state index is -0.126. The van der Waals surface area contributed by atoms with Crippen LogP contribution in [0.4, 0.5) is 0 Å². The zero-order chi connectivity index (χ0) is 16.2. The van der Waals surface area contributed by atoms with E-state index in [0.29, 0.717) is 13.2 Å². The Kier molecular flexibility index (Phi) is 4.62. The summed E-state index contributed by atoms with van der Waals surface area (Å²) in [7, 11) is 1.90. The predicted octanol–water partition coefficient (Wildman–Crippen LogP) is 1.89. The second kappa shape index (κ2) is 6.83. The Morgan fingerprint density at radius 3 is 3.17 bits per heavy atom. The van der Waals surface area contributed by atoms with Crippen LogP contribution in [-0.4, -0.2) is 28.7 Å². The minimum absolute atomic E-state index is 0.0192. The fourth-order valence-electron chi connectivity index (χ4n) is 2.74. The van der Waals surface area contributed by atoms with Crippen LogP contribution < -0.4 is 10.1 Å². The lowest BCUT2D eigenvalue weighted by Gasteiger charge is -2.27. The van der Waals surface area contributed by atoms with Crippen LogP contribution in [0.15, 0.2) is 30.6 Å². The number of carbonyl (C=O) groups excluding carboxylic acids is 1. The molecule has 0 bridgehead atoms. The molecule has 6 heteroatoms. The molecule has 1 aliphatic heterocycles. The number of rotatable bonds is 5. The van der Waals surface area contributed by atoms with Crippen LogP contribution in [0.25, 0.3) is 0 Å². The van der Waals surface area contributed by atoms with Gasteiger partial charge in [-0.3, -0.25) is 4.79 Å². The quantitative estimate of drug-likeness (QED) is 0.915. The molecule has 1 atom stereocenters. The van der Waals surface area contributed by atoms with Crippen molar-refractivity contribution in [3.05, 3.63) is 47.5 Å². The summed E-state index contributed by atoms with van der Waals surface area (Å²) in [5, 5.41) is 3.03. The number of aryl methyl sites for hydroxylation is 2. The molecule has 2 aromatic rings. The molecule has 1 aliphatic rings. The number of ether oxygens (including phenoxy) is 2. The van der Waals surface area contributed by atoms with Gasteiger partial charge in [0.05, 0.1) is 12.6 Å². The molecule has 0 saturated carbocycles. The molecular weight excluding hydrogens is 294 g/mol. The van der Waals surface area contributed by atoms with E-state index in [0.717, 1.165) is 29.1 Å². The normalized spacial score (nSPS) is 16.5. The van der Waals surface area contributed by atoms with E-state index in [-0.39, 0.29) is 18.6 Å². The van der Waals surface area contributed by atoms with Gasteiger partial charge in [-0.2, -0.15) is 0 Å². The van der Waals surface area contributed by atoms with E-state index < -0.39 is 0 Å². The summed E-state index contributed by atoms with van der Waals surface area (Å²) >= 11 is 0. The smallest absolute Gasteiger partial charge is 0.246 e. The van der Waals surface area contributed by atoms with Gasteiger partial charge >= 0.3 is 0 Å². The highest BCUT2D eigenvalue weighted by Crippen LogP contribution is 2.34. The summed E-state index contributed by atoms with van der Waals surface area (Å²) in [5.41, 5.74) is 2.13. The van der Waals surface area contributed by atoms with Gasteiger partial charge in [0.2, 0.25) is 5.91 Å². The van der Waals surface area contributed by atoms with Crippen LogP contribution in [0, 0.1) is 6.92 Å². The molecule has 0 aliphatic carbocycles. The molecule has 2 heterocycles. The molecule has 1 aromatic heterocycles. The number of nitrogens with zero attached hydrogens (tertiary/aromatic N) is 2. The monoisotopic (exact) mass is 315 g/mol. The maximum Gasteiger partial charge on any atom is 0.246 e. The largest absolute Gasteiger partial charge is 0.493 e. The van der Waals surface area contributed by atoms with E-state index in [2.05, 4.69) is 10.3 Å². The first-order valence-corrected chi connectivity index (χ1v) is 7.71. The summed E-state index contributed by atoms with van der Waals surface area (Å²) in [6.07, 6.45) is 4.32. The van der Waals surface area contributed by atoms with Crippen LogP contribution in [0.2, 0.25) is 0 Å². The van der Waals surface area contributed by atoms with Gasteiger partial charge in [-0.1, -0.05) is 18.2 Å². The Balaban J connectivity index is 1.55. The van der Waals surface area contributed by atoms with Crippen molar-refractivity contribution in [1.29, 1.82) is 0 Å². The van der Waals surface area contributed by atoms with Crippen molar-refractivity contribution in [3.63, 3.8) is 0 Å². The maximum absolute atomic E-state index is 12.1. The number of fused-ring (bicyclic) bond motifs is 1. The second-order valence-corrected chi connectivity index (χ2v) is 5.70. The topological polar surface area (TPSA) is 65.4 Å². The van der Waals surface area contributed by atoms with E-state index in [4.69, 9.17) is 9.47 Å². The fourth-order valence-corrected chi connectivity index (χ4v) is 2.74. The van der Waals surface area contributed by atoms with Crippen molar-refractivity contribution < 1.29 is 14.3 Å². The van der Waals surface area contributed by atoms with Gasteiger partial charge < -0.3 is 19.4 Å². The Morgan fingerprint density at radius 1 is 1.52 bits per heavy atom. The first-order valence-electron chi connectivity index (χ1n) is 7.71. The highest BCUT2D eigenvalue weighted by atomic mass is 16.5. The van der Waals surface area contributed by atoms with Gasteiger partial charge in [-0.25, -0.2) is 4.98 Å². The predicted molar refractivity (Wildman–Crippen MR) is 85.0 cm³/mol. The van der Waals surface area contributed by atoms with Crippen LogP contribution in [0.5, 0.6) is 5.75 Å². The average Bonchev–Trinajstić information content (AvgIpc) is 2.94. The average molecular weight is 315 g/mol. The van der Waals surface area contributed by atoms with E-state index in [9.17, 15) is 4.79 Å². The lowest BCUT2D eigenvalue weighted by Crippen LogP contribution is -2.34. The molecule has 0 saturated heterocycles. The van der Waals surface area contributed by atoms with Crippen molar-refractivity contribution in [3.8, 4) is 5.75 Å². The first-order chi connectivity index (χ1) is 11.1. The first kappa shape index (κ1) is 15.6. The zero-order valence-corrected chi connectivity index (χ0v) is 13.4. The second-order valence-electron chi connectivity index (χ2n) is 5.70. The molecule has 1 N–H and O–H groups in total. The van der Waals surface area contributed by atoms with Gasteiger partial charge in [0.15, 0.2) is 0 Å². The highest BCUT2D eigenvalue weighted by Gasteiger charge is 2.23.